The first-order chi connectivity index (χ1) is 16.3. The van der Waals surface area contributed by atoms with Gasteiger partial charge in [-0.15, -0.1) is 0 Å². The number of aromatic nitrogens is 2. The smallest absolute Gasteiger partial charge is 0.254 e. The Labute approximate surface area is 209 Å². The molecule has 0 aliphatic carbocycles. The highest BCUT2D eigenvalue weighted by molar-refractivity contribution is 5.54. The average Bonchev–Trinajstić information content (AvgIpc) is 3.26. The van der Waals surface area contributed by atoms with Crippen LogP contribution in [-0.4, -0.2) is 25.0 Å². The third kappa shape index (κ3) is 5.51. The number of hydrogen-bond acceptors (Lipinski definition) is 4. The van der Waals surface area contributed by atoms with Crippen LogP contribution in [0.2, 0.25) is 0 Å². The van der Waals surface area contributed by atoms with Gasteiger partial charge in [-0.05, 0) is 47.9 Å². The Morgan fingerprint density at radius 1 is 0.600 bits per heavy atom. The van der Waals surface area contributed by atoms with Gasteiger partial charge in [-0.2, -0.15) is 0 Å². The van der Waals surface area contributed by atoms with Crippen molar-refractivity contribution in [1.29, 1.82) is 0 Å². The van der Waals surface area contributed by atoms with E-state index < -0.39 is 12.6 Å². The second kappa shape index (κ2) is 10.6. The Bertz CT molecular complexity index is 1030. The van der Waals surface area contributed by atoms with Crippen molar-refractivity contribution in [3.8, 4) is 11.4 Å². The van der Waals surface area contributed by atoms with Crippen LogP contribution >= 0.6 is 0 Å². The van der Waals surface area contributed by atoms with Crippen molar-refractivity contribution >= 4 is 0 Å². The number of hydrogen-bond donors (Lipinski definition) is 4. The van der Waals surface area contributed by atoms with Crippen molar-refractivity contribution in [2.75, 3.05) is 0 Å². The average molecular weight is 482 g/mol. The van der Waals surface area contributed by atoms with Gasteiger partial charge in [-0.3, -0.25) is 0 Å². The van der Waals surface area contributed by atoms with Crippen LogP contribution in [0.3, 0.4) is 0 Å². The Kier molecular flexibility index (Phi) is 8.22. The molecule has 4 N–H and O–H groups in total. The lowest BCUT2D eigenvalue weighted by molar-refractivity contribution is -0.596. The van der Waals surface area contributed by atoms with Crippen LogP contribution < -0.4 is 4.57 Å². The normalized spacial score (nSPS) is 12.4. The topological polar surface area (TPSA) is 89.7 Å². The van der Waals surface area contributed by atoms with Gasteiger partial charge in [-0.25, -0.2) is 9.13 Å². The maximum Gasteiger partial charge on any atom is 0.254 e. The lowest BCUT2D eigenvalue weighted by atomic mass is 9.89. The highest BCUT2D eigenvalue weighted by Crippen LogP contribution is 2.35. The van der Waals surface area contributed by atoms with E-state index in [0.29, 0.717) is 11.1 Å². The number of imidazole rings is 1. The van der Waals surface area contributed by atoms with E-state index in [4.69, 9.17) is 0 Å². The lowest BCUT2D eigenvalue weighted by Gasteiger charge is -2.20. The first-order valence-electron chi connectivity index (χ1n) is 12.5. The largest absolute Gasteiger partial charge is 0.364 e. The third-order valence-electron chi connectivity index (χ3n) is 6.62. The zero-order valence-corrected chi connectivity index (χ0v) is 22.2. The van der Waals surface area contributed by atoms with Gasteiger partial charge in [0.2, 0.25) is 0 Å². The maximum absolute atomic E-state index is 9.89. The molecule has 0 bridgehead atoms. The van der Waals surface area contributed by atoms with E-state index in [1.807, 2.05) is 36.7 Å². The summed E-state index contributed by atoms with van der Waals surface area (Å²) in [5.41, 5.74) is 7.31. The molecule has 1 heterocycles. The minimum atomic E-state index is -1.52. The van der Waals surface area contributed by atoms with Gasteiger partial charge < -0.3 is 20.4 Å². The second-order valence-electron chi connectivity index (χ2n) is 10.7. The van der Waals surface area contributed by atoms with Crippen LogP contribution in [0.1, 0.15) is 125 Å². The maximum atomic E-state index is 9.89. The Hall–Kier alpha value is -2.51. The van der Waals surface area contributed by atoms with E-state index in [2.05, 4.69) is 70.9 Å². The Balaban J connectivity index is 2.30. The minimum absolute atomic E-state index is 0.180. The molecule has 0 saturated carbocycles. The van der Waals surface area contributed by atoms with Crippen molar-refractivity contribution in [2.45, 2.75) is 91.6 Å². The fraction of sp³-hybridized carbons (Fsp3) is 0.483. The van der Waals surface area contributed by atoms with Gasteiger partial charge in [0.25, 0.3) is 6.33 Å². The molecule has 0 saturated heterocycles. The number of aliphatic hydroxyl groups is 4. The minimum Gasteiger partial charge on any atom is -0.364 e. The molecule has 6 nitrogen and oxygen atoms in total. The van der Waals surface area contributed by atoms with Crippen molar-refractivity contribution in [1.82, 2.24) is 4.57 Å². The molecular weight excluding hydrogens is 440 g/mol. The molecule has 3 aromatic rings. The van der Waals surface area contributed by atoms with Gasteiger partial charge in [0.1, 0.15) is 23.8 Å². The molecule has 0 radical (unpaired) electrons. The van der Waals surface area contributed by atoms with Gasteiger partial charge >= 0.3 is 0 Å². The quantitative estimate of drug-likeness (QED) is 0.263. The molecule has 0 spiro atoms. The number of benzene rings is 2. The third-order valence-corrected chi connectivity index (χ3v) is 6.62. The summed E-state index contributed by atoms with van der Waals surface area (Å²) in [6.45, 7) is 16.9. The molecule has 0 amide bonds. The molecule has 0 unspecified atom stereocenters. The molecule has 190 valence electrons. The van der Waals surface area contributed by atoms with Crippen LogP contribution in [-0.2, 0) is 0 Å². The van der Waals surface area contributed by atoms with Crippen molar-refractivity contribution in [3.63, 3.8) is 0 Å². The second-order valence-corrected chi connectivity index (χ2v) is 10.7. The zero-order chi connectivity index (χ0) is 26.2. The van der Waals surface area contributed by atoms with Gasteiger partial charge in [-0.1, -0.05) is 55.4 Å². The molecule has 2 aromatic carbocycles. The summed E-state index contributed by atoms with van der Waals surface area (Å²) in [5, 5.41) is 39.5. The van der Waals surface area contributed by atoms with E-state index in [1.165, 1.54) is 0 Å². The zero-order valence-electron chi connectivity index (χ0n) is 22.2. The lowest BCUT2D eigenvalue weighted by Crippen LogP contribution is -2.32. The van der Waals surface area contributed by atoms with E-state index in [9.17, 15) is 20.4 Å². The molecule has 0 aliphatic rings. The SMILES string of the molecule is CC(C)c1cc(C(O)O)cc(C(C)C)c1-n1cc[n+](-c2c(C(C)C)cc(C(O)O)cc2C(C)C)c1. The molecule has 0 fully saturated rings. The van der Waals surface area contributed by atoms with Crippen molar-refractivity contribution in [2.24, 2.45) is 0 Å². The van der Waals surface area contributed by atoms with Gasteiger partial charge in [0.15, 0.2) is 12.6 Å². The number of aliphatic hydroxyl groups excluding tert-OH is 2. The summed E-state index contributed by atoms with van der Waals surface area (Å²) >= 11 is 0. The van der Waals surface area contributed by atoms with Crippen LogP contribution in [0.5, 0.6) is 0 Å². The first kappa shape index (κ1) is 27.1. The molecule has 3 rings (SSSR count). The summed E-state index contributed by atoms with van der Waals surface area (Å²) in [6, 6.07) is 7.55. The standard InChI is InChI=1S/C29H41N2O4/c1-16(2)22-11-20(28(32)33)12-23(17(3)4)26(22)30-9-10-31(15-30)27-24(18(5)6)13-21(29(34)35)14-25(27)19(7)8/h9-19,28-29,32-35H,1-8H3/q+1. The highest BCUT2D eigenvalue weighted by Gasteiger charge is 2.26. The predicted molar refractivity (Wildman–Crippen MR) is 138 cm³/mol. The fourth-order valence-electron chi connectivity index (χ4n) is 4.68. The molecule has 0 aliphatic heterocycles. The summed E-state index contributed by atoms with van der Waals surface area (Å²) < 4.78 is 4.22. The van der Waals surface area contributed by atoms with E-state index in [1.54, 1.807) is 0 Å². The molecule has 0 atom stereocenters. The summed E-state index contributed by atoms with van der Waals surface area (Å²) in [7, 11) is 0. The van der Waals surface area contributed by atoms with Crippen LogP contribution in [0, 0.1) is 0 Å². The summed E-state index contributed by atoms with van der Waals surface area (Å²) in [5.74, 6) is 0.722. The van der Waals surface area contributed by atoms with Crippen LogP contribution in [0.25, 0.3) is 11.4 Å². The number of nitrogens with zero attached hydrogens (tertiary/aromatic N) is 2. The van der Waals surface area contributed by atoms with Crippen molar-refractivity contribution < 1.29 is 25.0 Å². The van der Waals surface area contributed by atoms with Gasteiger partial charge in [0.05, 0.1) is 0 Å². The Morgan fingerprint density at radius 2 is 0.971 bits per heavy atom. The van der Waals surface area contributed by atoms with E-state index in [-0.39, 0.29) is 23.7 Å². The van der Waals surface area contributed by atoms with Crippen LogP contribution in [0.4, 0.5) is 0 Å². The molecule has 35 heavy (non-hydrogen) atoms. The van der Waals surface area contributed by atoms with Gasteiger partial charge in [0, 0.05) is 33.4 Å². The highest BCUT2D eigenvalue weighted by atomic mass is 16.5. The summed E-state index contributed by atoms with van der Waals surface area (Å²) in [6.07, 6.45) is 3.09. The molecule has 6 heteroatoms. The fourth-order valence-corrected chi connectivity index (χ4v) is 4.68. The van der Waals surface area contributed by atoms with Crippen molar-refractivity contribution in [3.05, 3.63) is 76.4 Å². The predicted octanol–water partition coefficient (Wildman–Crippen LogP) is 5.21. The number of rotatable bonds is 8. The summed E-state index contributed by atoms with van der Waals surface area (Å²) in [4.78, 5) is 0. The first-order valence-corrected chi connectivity index (χ1v) is 12.5. The Morgan fingerprint density at radius 3 is 1.31 bits per heavy atom. The monoisotopic (exact) mass is 481 g/mol. The molecular formula is C29H41N2O4+. The van der Waals surface area contributed by atoms with Crippen LogP contribution in [0.15, 0.2) is 43.0 Å². The molecule has 1 aromatic heterocycles. The van der Waals surface area contributed by atoms with E-state index in [0.717, 1.165) is 33.6 Å². The van der Waals surface area contributed by atoms with E-state index >= 15 is 0 Å².